The number of carbonyl (C=O) groups excluding carboxylic acids is 2. The standard InChI is InChI=1S/C25H41N3O5S/c1-6-14-31-17-18-32-16-13-26-23(29)8-7-15-33-22-11-9-21(10-12-22)20(2)27-28-24(30)19-25(3,4)34-5/h9-12H,6-8,13-19H2,1-5H3,(H,26,29)(H,28,30)/b27-20+. The lowest BCUT2D eigenvalue weighted by Crippen LogP contribution is -2.28. The van der Waals surface area contributed by atoms with E-state index in [1.165, 1.54) is 0 Å². The molecule has 2 N–H and O–H groups in total. The summed E-state index contributed by atoms with van der Waals surface area (Å²) in [7, 11) is 0. The Hall–Kier alpha value is -2.10. The van der Waals surface area contributed by atoms with Crippen LogP contribution >= 0.6 is 11.8 Å². The first-order chi connectivity index (χ1) is 16.3. The number of nitrogens with zero attached hydrogens (tertiary/aromatic N) is 1. The lowest BCUT2D eigenvalue weighted by Gasteiger charge is -2.20. The van der Waals surface area contributed by atoms with Gasteiger partial charge in [0.2, 0.25) is 11.8 Å². The van der Waals surface area contributed by atoms with E-state index in [9.17, 15) is 9.59 Å². The van der Waals surface area contributed by atoms with Crippen LogP contribution in [0.3, 0.4) is 0 Å². The van der Waals surface area contributed by atoms with Gasteiger partial charge in [0.05, 0.1) is 32.1 Å². The van der Waals surface area contributed by atoms with Crippen LogP contribution in [0, 0.1) is 0 Å². The molecule has 1 aromatic rings. The minimum absolute atomic E-state index is 0.0143. The third-order valence-corrected chi connectivity index (χ3v) is 6.11. The fraction of sp³-hybridized carbons (Fsp3) is 0.640. The number of nitrogens with one attached hydrogen (secondary N) is 2. The molecule has 0 spiro atoms. The van der Waals surface area contributed by atoms with Gasteiger partial charge in [0.1, 0.15) is 5.75 Å². The Morgan fingerprint density at radius 1 is 1.00 bits per heavy atom. The molecule has 192 valence electrons. The molecular weight excluding hydrogens is 454 g/mol. The summed E-state index contributed by atoms with van der Waals surface area (Å²) < 4.78 is 16.3. The summed E-state index contributed by atoms with van der Waals surface area (Å²) in [5.41, 5.74) is 4.24. The summed E-state index contributed by atoms with van der Waals surface area (Å²) >= 11 is 1.65. The molecule has 8 nitrogen and oxygen atoms in total. The molecule has 0 saturated carbocycles. The summed E-state index contributed by atoms with van der Waals surface area (Å²) in [5.74, 6) is 0.605. The fourth-order valence-electron chi connectivity index (χ4n) is 2.74. The third kappa shape index (κ3) is 14.2. The molecule has 0 aromatic heterocycles. The zero-order valence-electron chi connectivity index (χ0n) is 21.3. The Balaban J connectivity index is 2.21. The molecule has 0 atom stereocenters. The average Bonchev–Trinajstić information content (AvgIpc) is 2.82. The van der Waals surface area contributed by atoms with Crippen LogP contribution in [0.25, 0.3) is 0 Å². The minimum atomic E-state index is -0.120. The summed E-state index contributed by atoms with van der Waals surface area (Å²) in [5, 5.41) is 7.03. The number of ether oxygens (including phenoxy) is 3. The number of hydrogen-bond acceptors (Lipinski definition) is 7. The van der Waals surface area contributed by atoms with Gasteiger partial charge >= 0.3 is 0 Å². The van der Waals surface area contributed by atoms with Crippen LogP contribution in [0.2, 0.25) is 0 Å². The molecule has 1 aromatic carbocycles. The highest BCUT2D eigenvalue weighted by molar-refractivity contribution is 7.99. The topological polar surface area (TPSA) is 98.2 Å². The van der Waals surface area contributed by atoms with Crippen LogP contribution in [0.4, 0.5) is 0 Å². The van der Waals surface area contributed by atoms with E-state index in [2.05, 4.69) is 22.8 Å². The Labute approximate surface area is 208 Å². The molecule has 0 heterocycles. The van der Waals surface area contributed by atoms with Crippen molar-refractivity contribution in [3.63, 3.8) is 0 Å². The van der Waals surface area contributed by atoms with E-state index in [1.807, 2.05) is 51.3 Å². The second kappa shape index (κ2) is 17.4. The molecule has 9 heteroatoms. The Morgan fingerprint density at radius 2 is 1.68 bits per heavy atom. The van der Waals surface area contributed by atoms with Gasteiger partial charge in [0.15, 0.2) is 0 Å². The summed E-state index contributed by atoms with van der Waals surface area (Å²) in [6.07, 6.45) is 4.41. The third-order valence-electron chi connectivity index (χ3n) is 4.87. The summed E-state index contributed by atoms with van der Waals surface area (Å²) in [6, 6.07) is 7.50. The van der Waals surface area contributed by atoms with Crippen molar-refractivity contribution in [1.29, 1.82) is 0 Å². The van der Waals surface area contributed by atoms with Crippen molar-refractivity contribution in [2.45, 2.75) is 58.1 Å². The predicted octanol–water partition coefficient (Wildman–Crippen LogP) is 3.78. The number of hydrogen-bond donors (Lipinski definition) is 2. The summed E-state index contributed by atoms with van der Waals surface area (Å²) in [4.78, 5) is 23.9. The number of amides is 2. The molecule has 0 aliphatic heterocycles. The first kappa shape index (κ1) is 29.9. The number of carbonyl (C=O) groups is 2. The number of hydrazone groups is 1. The van der Waals surface area contributed by atoms with Gasteiger partial charge in [0.25, 0.3) is 0 Å². The SMILES string of the molecule is CCCOCCOCCNC(=O)CCCOc1ccc(/C(C)=N/NC(=O)CC(C)(C)SC)cc1. The molecule has 0 aliphatic rings. The van der Waals surface area contributed by atoms with Crippen molar-refractivity contribution < 1.29 is 23.8 Å². The summed E-state index contributed by atoms with van der Waals surface area (Å²) in [6.45, 7) is 11.3. The molecule has 0 radical (unpaired) electrons. The van der Waals surface area contributed by atoms with Crippen molar-refractivity contribution in [2.24, 2.45) is 5.10 Å². The average molecular weight is 496 g/mol. The van der Waals surface area contributed by atoms with E-state index < -0.39 is 0 Å². The fourth-order valence-corrected chi connectivity index (χ4v) is 3.02. The van der Waals surface area contributed by atoms with Crippen molar-refractivity contribution in [1.82, 2.24) is 10.7 Å². The highest BCUT2D eigenvalue weighted by atomic mass is 32.2. The monoisotopic (exact) mass is 495 g/mol. The van der Waals surface area contributed by atoms with Crippen LogP contribution in [0.5, 0.6) is 5.75 Å². The van der Waals surface area contributed by atoms with E-state index in [0.29, 0.717) is 52.2 Å². The normalized spacial score (nSPS) is 11.9. The number of benzene rings is 1. The Kier molecular flexibility index (Phi) is 15.3. The molecule has 2 amide bonds. The van der Waals surface area contributed by atoms with E-state index in [-0.39, 0.29) is 16.6 Å². The smallest absolute Gasteiger partial charge is 0.241 e. The Morgan fingerprint density at radius 3 is 2.32 bits per heavy atom. The van der Waals surface area contributed by atoms with Crippen LogP contribution in [-0.4, -0.2) is 68.1 Å². The van der Waals surface area contributed by atoms with Crippen LogP contribution in [0.1, 0.15) is 58.9 Å². The lowest BCUT2D eigenvalue weighted by molar-refractivity contribution is -0.122. The zero-order valence-corrected chi connectivity index (χ0v) is 22.1. The maximum absolute atomic E-state index is 12.0. The van der Waals surface area contributed by atoms with Gasteiger partial charge in [-0.3, -0.25) is 9.59 Å². The van der Waals surface area contributed by atoms with E-state index in [1.54, 1.807) is 11.8 Å². The molecule has 1 rings (SSSR count). The predicted molar refractivity (Wildman–Crippen MR) is 139 cm³/mol. The van der Waals surface area contributed by atoms with Crippen molar-refractivity contribution in [3.05, 3.63) is 29.8 Å². The van der Waals surface area contributed by atoms with Gasteiger partial charge in [-0.05, 0) is 55.9 Å². The first-order valence-corrected chi connectivity index (χ1v) is 13.0. The van der Waals surface area contributed by atoms with Crippen molar-refractivity contribution >= 4 is 29.3 Å². The number of rotatable bonds is 18. The van der Waals surface area contributed by atoms with E-state index in [0.717, 1.165) is 30.1 Å². The highest BCUT2D eigenvalue weighted by Gasteiger charge is 2.20. The van der Waals surface area contributed by atoms with Gasteiger partial charge in [0, 0.05) is 30.7 Å². The second-order valence-corrected chi connectivity index (χ2v) is 9.94. The quantitative estimate of drug-likeness (QED) is 0.183. The lowest BCUT2D eigenvalue weighted by atomic mass is 10.1. The molecule has 0 saturated heterocycles. The Bertz CT molecular complexity index is 753. The highest BCUT2D eigenvalue weighted by Crippen LogP contribution is 2.24. The molecule has 0 unspecified atom stereocenters. The molecule has 34 heavy (non-hydrogen) atoms. The van der Waals surface area contributed by atoms with Gasteiger partial charge in [-0.1, -0.05) is 20.8 Å². The van der Waals surface area contributed by atoms with E-state index in [4.69, 9.17) is 14.2 Å². The van der Waals surface area contributed by atoms with Gasteiger partial charge in [-0.15, -0.1) is 0 Å². The van der Waals surface area contributed by atoms with Crippen molar-refractivity contribution in [3.8, 4) is 5.75 Å². The second-order valence-electron chi connectivity index (χ2n) is 8.42. The van der Waals surface area contributed by atoms with Crippen molar-refractivity contribution in [2.75, 3.05) is 45.8 Å². The molecule has 0 aliphatic carbocycles. The molecule has 0 fully saturated rings. The van der Waals surface area contributed by atoms with E-state index >= 15 is 0 Å². The van der Waals surface area contributed by atoms with Crippen LogP contribution < -0.4 is 15.5 Å². The number of thioether (sulfide) groups is 1. The largest absolute Gasteiger partial charge is 0.494 e. The van der Waals surface area contributed by atoms with Gasteiger partial charge in [-0.25, -0.2) is 5.43 Å². The molecule has 0 bridgehead atoms. The van der Waals surface area contributed by atoms with Crippen LogP contribution in [-0.2, 0) is 19.1 Å². The first-order valence-electron chi connectivity index (χ1n) is 11.8. The molecular formula is C25H41N3O5S. The maximum atomic E-state index is 12.0. The van der Waals surface area contributed by atoms with Gasteiger partial charge < -0.3 is 19.5 Å². The van der Waals surface area contributed by atoms with Gasteiger partial charge in [-0.2, -0.15) is 16.9 Å². The maximum Gasteiger partial charge on any atom is 0.241 e. The minimum Gasteiger partial charge on any atom is -0.494 e. The zero-order chi connectivity index (χ0) is 25.2. The van der Waals surface area contributed by atoms with Crippen LogP contribution in [0.15, 0.2) is 29.4 Å².